The second-order valence-electron chi connectivity index (χ2n) is 6.44. The van der Waals surface area contributed by atoms with Crippen LogP contribution in [0.3, 0.4) is 0 Å². The zero-order valence-electron chi connectivity index (χ0n) is 12.6. The van der Waals surface area contributed by atoms with Crippen LogP contribution in [0.4, 0.5) is 0 Å². The highest BCUT2D eigenvalue weighted by molar-refractivity contribution is 5.21. The van der Waals surface area contributed by atoms with Crippen molar-refractivity contribution in [3.8, 4) is 0 Å². The number of pyridine rings is 1. The molecule has 0 spiro atoms. The minimum Gasteiger partial charge on any atom is -0.314 e. The summed E-state index contributed by atoms with van der Waals surface area (Å²) in [6.45, 7) is 4.36. The summed E-state index contributed by atoms with van der Waals surface area (Å²) >= 11 is 0. The van der Waals surface area contributed by atoms with Gasteiger partial charge in [-0.25, -0.2) is 0 Å². The van der Waals surface area contributed by atoms with Crippen LogP contribution in [-0.4, -0.2) is 23.6 Å². The summed E-state index contributed by atoms with van der Waals surface area (Å²) in [5.74, 6) is 0.822. The van der Waals surface area contributed by atoms with E-state index < -0.39 is 0 Å². The molecule has 0 bridgehead atoms. The van der Waals surface area contributed by atoms with E-state index >= 15 is 0 Å². The van der Waals surface area contributed by atoms with E-state index in [9.17, 15) is 0 Å². The number of hydrogen-bond donors (Lipinski definition) is 2. The molecule has 1 aromatic rings. The third-order valence-corrected chi connectivity index (χ3v) is 5.14. The number of aromatic nitrogens is 1. The minimum atomic E-state index is 0.680. The molecule has 2 heterocycles. The lowest BCUT2D eigenvalue weighted by Crippen LogP contribution is -2.46. The molecule has 3 heteroatoms. The first-order valence-electron chi connectivity index (χ1n) is 8.21. The normalized spacial score (nSPS) is 30.6. The molecule has 2 fully saturated rings. The molecule has 3 nitrogen and oxygen atoms in total. The molecule has 1 aromatic heterocycles. The standard InChI is InChI=1S/C17H27N3/c1-13-8-10-18-11-14(13)12-20-17-6-3-2-5-15(17)16-7-4-9-19-16/h8,10-11,15-17,19-20H,2-7,9,12H2,1H3. The fourth-order valence-electron chi connectivity index (χ4n) is 3.89. The highest BCUT2D eigenvalue weighted by Gasteiger charge is 2.32. The number of nitrogens with one attached hydrogen (secondary N) is 2. The van der Waals surface area contributed by atoms with E-state index in [4.69, 9.17) is 0 Å². The predicted molar refractivity (Wildman–Crippen MR) is 82.6 cm³/mol. The highest BCUT2D eigenvalue weighted by Crippen LogP contribution is 2.30. The van der Waals surface area contributed by atoms with E-state index in [0.717, 1.165) is 18.5 Å². The predicted octanol–water partition coefficient (Wildman–Crippen LogP) is 2.79. The largest absolute Gasteiger partial charge is 0.314 e. The van der Waals surface area contributed by atoms with Crippen LogP contribution in [0.25, 0.3) is 0 Å². The molecule has 20 heavy (non-hydrogen) atoms. The van der Waals surface area contributed by atoms with Gasteiger partial charge in [-0.3, -0.25) is 4.98 Å². The van der Waals surface area contributed by atoms with Crippen molar-refractivity contribution in [2.45, 2.75) is 64.1 Å². The molecule has 0 radical (unpaired) electrons. The molecule has 1 aliphatic heterocycles. The van der Waals surface area contributed by atoms with E-state index in [1.54, 1.807) is 0 Å². The Morgan fingerprint density at radius 2 is 2.15 bits per heavy atom. The third kappa shape index (κ3) is 3.21. The average molecular weight is 273 g/mol. The summed E-state index contributed by atoms with van der Waals surface area (Å²) in [6, 6.07) is 3.54. The van der Waals surface area contributed by atoms with E-state index in [1.807, 2.05) is 12.4 Å². The average Bonchev–Trinajstić information content (AvgIpc) is 3.01. The monoisotopic (exact) mass is 273 g/mol. The first-order chi connectivity index (χ1) is 9.84. The van der Waals surface area contributed by atoms with E-state index in [1.165, 1.54) is 56.2 Å². The van der Waals surface area contributed by atoms with Gasteiger partial charge in [0.2, 0.25) is 0 Å². The van der Waals surface area contributed by atoms with Crippen molar-refractivity contribution in [2.24, 2.45) is 5.92 Å². The van der Waals surface area contributed by atoms with Crippen LogP contribution < -0.4 is 10.6 Å². The van der Waals surface area contributed by atoms with E-state index in [0.29, 0.717) is 6.04 Å². The Kier molecular flexibility index (Phi) is 4.69. The van der Waals surface area contributed by atoms with E-state index in [2.05, 4.69) is 28.6 Å². The molecule has 3 rings (SSSR count). The Morgan fingerprint density at radius 3 is 2.95 bits per heavy atom. The SMILES string of the molecule is Cc1ccncc1CNC1CCCCC1C1CCCN1. The maximum absolute atomic E-state index is 4.25. The molecule has 1 saturated heterocycles. The van der Waals surface area contributed by atoms with Gasteiger partial charge in [0, 0.05) is 31.0 Å². The third-order valence-electron chi connectivity index (χ3n) is 5.14. The quantitative estimate of drug-likeness (QED) is 0.886. The van der Waals surface area contributed by atoms with Gasteiger partial charge in [-0.1, -0.05) is 12.8 Å². The topological polar surface area (TPSA) is 37.0 Å². The lowest BCUT2D eigenvalue weighted by molar-refractivity contribution is 0.213. The number of aryl methyl sites for hydroxylation is 1. The van der Waals surface area contributed by atoms with Crippen LogP contribution in [-0.2, 0) is 6.54 Å². The van der Waals surface area contributed by atoms with Crippen LogP contribution in [0, 0.1) is 12.8 Å². The molecule has 1 saturated carbocycles. The first-order valence-corrected chi connectivity index (χ1v) is 8.21. The van der Waals surface area contributed by atoms with Crippen LogP contribution in [0.2, 0.25) is 0 Å². The van der Waals surface area contributed by atoms with Gasteiger partial charge in [0.25, 0.3) is 0 Å². The number of hydrogen-bond acceptors (Lipinski definition) is 3. The molecular weight excluding hydrogens is 246 g/mol. The van der Waals surface area contributed by atoms with Gasteiger partial charge in [-0.15, -0.1) is 0 Å². The molecular formula is C17H27N3. The second kappa shape index (κ2) is 6.68. The Balaban J connectivity index is 1.60. The van der Waals surface area contributed by atoms with Gasteiger partial charge >= 0.3 is 0 Å². The lowest BCUT2D eigenvalue weighted by Gasteiger charge is -2.36. The molecule has 2 aliphatic rings. The van der Waals surface area contributed by atoms with Gasteiger partial charge < -0.3 is 10.6 Å². The molecule has 0 aromatic carbocycles. The Labute approximate surface area is 122 Å². The second-order valence-corrected chi connectivity index (χ2v) is 6.44. The van der Waals surface area contributed by atoms with Crippen molar-refractivity contribution in [3.63, 3.8) is 0 Å². The maximum atomic E-state index is 4.25. The van der Waals surface area contributed by atoms with Crippen molar-refractivity contribution < 1.29 is 0 Å². The van der Waals surface area contributed by atoms with Gasteiger partial charge in [0.1, 0.15) is 0 Å². The summed E-state index contributed by atoms with van der Waals surface area (Å²) in [6.07, 6.45) is 12.1. The van der Waals surface area contributed by atoms with Crippen LogP contribution in [0.15, 0.2) is 18.5 Å². The fraction of sp³-hybridized carbons (Fsp3) is 0.706. The lowest BCUT2D eigenvalue weighted by atomic mass is 9.79. The van der Waals surface area contributed by atoms with Gasteiger partial charge in [0.05, 0.1) is 0 Å². The summed E-state index contributed by atoms with van der Waals surface area (Å²) < 4.78 is 0. The summed E-state index contributed by atoms with van der Waals surface area (Å²) in [7, 11) is 0. The van der Waals surface area contributed by atoms with Gasteiger partial charge in [-0.2, -0.15) is 0 Å². The summed E-state index contributed by atoms with van der Waals surface area (Å²) in [5.41, 5.74) is 2.69. The molecule has 1 aliphatic carbocycles. The molecule has 0 amide bonds. The zero-order chi connectivity index (χ0) is 13.8. The number of nitrogens with zero attached hydrogens (tertiary/aromatic N) is 1. The first kappa shape index (κ1) is 14.0. The minimum absolute atomic E-state index is 0.680. The van der Waals surface area contributed by atoms with Gasteiger partial charge in [-0.05, 0) is 62.3 Å². The molecule has 2 N–H and O–H groups in total. The van der Waals surface area contributed by atoms with Crippen molar-refractivity contribution in [3.05, 3.63) is 29.6 Å². The number of rotatable bonds is 4. The summed E-state index contributed by atoms with van der Waals surface area (Å²) in [4.78, 5) is 4.25. The maximum Gasteiger partial charge on any atom is 0.0315 e. The zero-order valence-corrected chi connectivity index (χ0v) is 12.6. The van der Waals surface area contributed by atoms with Crippen LogP contribution in [0.1, 0.15) is 49.7 Å². The Bertz CT molecular complexity index is 426. The van der Waals surface area contributed by atoms with Crippen molar-refractivity contribution in [1.29, 1.82) is 0 Å². The van der Waals surface area contributed by atoms with Crippen molar-refractivity contribution >= 4 is 0 Å². The summed E-state index contributed by atoms with van der Waals surface area (Å²) in [5, 5.41) is 7.54. The van der Waals surface area contributed by atoms with Gasteiger partial charge in [0.15, 0.2) is 0 Å². The fourth-order valence-corrected chi connectivity index (χ4v) is 3.89. The molecule has 3 atom stereocenters. The highest BCUT2D eigenvalue weighted by atomic mass is 15.0. The Hall–Kier alpha value is -0.930. The molecule has 110 valence electrons. The van der Waals surface area contributed by atoms with Crippen molar-refractivity contribution in [2.75, 3.05) is 6.54 Å². The molecule has 3 unspecified atom stereocenters. The smallest absolute Gasteiger partial charge is 0.0315 e. The van der Waals surface area contributed by atoms with Crippen LogP contribution >= 0.6 is 0 Å². The van der Waals surface area contributed by atoms with E-state index in [-0.39, 0.29) is 0 Å². The van der Waals surface area contributed by atoms with Crippen LogP contribution in [0.5, 0.6) is 0 Å². The van der Waals surface area contributed by atoms with Crippen molar-refractivity contribution in [1.82, 2.24) is 15.6 Å². The Morgan fingerprint density at radius 1 is 1.25 bits per heavy atom.